The topological polar surface area (TPSA) is 44.3 Å². The van der Waals surface area contributed by atoms with Crippen LogP contribution in [-0.2, 0) is 0 Å². The summed E-state index contributed by atoms with van der Waals surface area (Å²) in [4.78, 5) is 0. The largest absolute Gasteiger partial charge is 0.396 e. The summed E-state index contributed by atoms with van der Waals surface area (Å²) in [6, 6.07) is 0.645. The lowest BCUT2D eigenvalue weighted by atomic mass is 10.2. The van der Waals surface area contributed by atoms with Crippen LogP contribution in [0.3, 0.4) is 0 Å². The molecule has 1 saturated heterocycles. The highest BCUT2D eigenvalue weighted by Gasteiger charge is 2.11. The first kappa shape index (κ1) is 7.98. The van der Waals surface area contributed by atoms with Crippen LogP contribution in [0.25, 0.3) is 0 Å². The Morgan fingerprint density at radius 3 is 3.10 bits per heavy atom. The van der Waals surface area contributed by atoms with Crippen molar-refractivity contribution < 1.29 is 5.11 Å². The Morgan fingerprint density at radius 1 is 1.60 bits per heavy atom. The van der Waals surface area contributed by atoms with Crippen molar-refractivity contribution in [3.8, 4) is 0 Å². The molecule has 0 aliphatic carbocycles. The Hall–Kier alpha value is -0.120. The number of rotatable bonds is 4. The normalized spacial score (nSPS) is 25.5. The molecule has 1 unspecified atom stereocenters. The molecule has 0 amide bonds. The molecule has 0 saturated carbocycles. The van der Waals surface area contributed by atoms with Gasteiger partial charge in [0.1, 0.15) is 0 Å². The van der Waals surface area contributed by atoms with Crippen LogP contribution in [0.5, 0.6) is 0 Å². The van der Waals surface area contributed by atoms with Crippen LogP contribution in [0, 0.1) is 0 Å². The maximum absolute atomic E-state index is 8.48. The zero-order valence-electron chi connectivity index (χ0n) is 6.27. The third-order valence-electron chi connectivity index (χ3n) is 1.83. The smallest absolute Gasteiger partial charge is 0.0443 e. The predicted octanol–water partition coefficient (Wildman–Crippen LogP) is -0.680. The lowest BCUT2D eigenvalue weighted by Crippen LogP contribution is -2.31. The minimum atomic E-state index is 0.299. The van der Waals surface area contributed by atoms with Crippen LogP contribution in [0.1, 0.15) is 12.8 Å². The minimum absolute atomic E-state index is 0.299. The summed E-state index contributed by atoms with van der Waals surface area (Å²) < 4.78 is 0. The van der Waals surface area contributed by atoms with E-state index in [9.17, 15) is 0 Å². The van der Waals surface area contributed by atoms with Gasteiger partial charge in [0.2, 0.25) is 0 Å². The minimum Gasteiger partial charge on any atom is -0.396 e. The zero-order chi connectivity index (χ0) is 7.23. The van der Waals surface area contributed by atoms with E-state index in [-0.39, 0.29) is 0 Å². The molecule has 0 spiro atoms. The van der Waals surface area contributed by atoms with Gasteiger partial charge >= 0.3 is 0 Å². The average Bonchev–Trinajstić information content (AvgIpc) is 2.41. The highest BCUT2D eigenvalue weighted by Crippen LogP contribution is 1.95. The van der Waals surface area contributed by atoms with Gasteiger partial charge in [-0.15, -0.1) is 0 Å². The van der Waals surface area contributed by atoms with Gasteiger partial charge in [0.15, 0.2) is 0 Å². The SMILES string of the molecule is OCCCNC1CCNC1. The van der Waals surface area contributed by atoms with Crippen LogP contribution < -0.4 is 10.6 Å². The monoisotopic (exact) mass is 144 g/mol. The lowest BCUT2D eigenvalue weighted by molar-refractivity contribution is 0.283. The standard InChI is InChI=1S/C7H16N2O/c10-5-1-3-9-7-2-4-8-6-7/h7-10H,1-6H2. The summed E-state index contributed by atoms with van der Waals surface area (Å²) in [6.45, 7) is 3.47. The second kappa shape index (κ2) is 4.66. The van der Waals surface area contributed by atoms with E-state index in [1.807, 2.05) is 0 Å². The van der Waals surface area contributed by atoms with Crippen LogP contribution in [-0.4, -0.2) is 37.4 Å². The third kappa shape index (κ3) is 2.64. The van der Waals surface area contributed by atoms with E-state index in [4.69, 9.17) is 5.11 Å². The van der Waals surface area contributed by atoms with Crippen molar-refractivity contribution in [2.75, 3.05) is 26.2 Å². The van der Waals surface area contributed by atoms with Crippen LogP contribution in [0.15, 0.2) is 0 Å². The van der Waals surface area contributed by atoms with Gasteiger partial charge in [0.05, 0.1) is 0 Å². The molecule has 0 aromatic rings. The number of hydrogen-bond donors (Lipinski definition) is 3. The summed E-state index contributed by atoms with van der Waals surface area (Å²) in [6.07, 6.45) is 2.10. The first-order valence-corrected chi connectivity index (χ1v) is 3.98. The fourth-order valence-electron chi connectivity index (χ4n) is 1.21. The van der Waals surface area contributed by atoms with Crippen molar-refractivity contribution in [1.29, 1.82) is 0 Å². The molecular formula is C7H16N2O. The molecule has 1 heterocycles. The van der Waals surface area contributed by atoms with Crippen molar-refractivity contribution in [3.63, 3.8) is 0 Å². The second-order valence-corrected chi connectivity index (χ2v) is 2.72. The van der Waals surface area contributed by atoms with E-state index >= 15 is 0 Å². The van der Waals surface area contributed by atoms with Gasteiger partial charge in [0.25, 0.3) is 0 Å². The summed E-state index contributed by atoms with van der Waals surface area (Å²) in [7, 11) is 0. The van der Waals surface area contributed by atoms with Crippen molar-refractivity contribution in [1.82, 2.24) is 10.6 Å². The summed E-state index contributed by atoms with van der Waals surface area (Å²) in [5.74, 6) is 0. The van der Waals surface area contributed by atoms with E-state index < -0.39 is 0 Å². The molecule has 0 aromatic carbocycles. The molecule has 1 atom stereocenters. The van der Waals surface area contributed by atoms with E-state index in [0.29, 0.717) is 12.6 Å². The Morgan fingerprint density at radius 2 is 2.50 bits per heavy atom. The quantitative estimate of drug-likeness (QED) is 0.458. The van der Waals surface area contributed by atoms with Crippen LogP contribution in [0.2, 0.25) is 0 Å². The highest BCUT2D eigenvalue weighted by molar-refractivity contribution is 4.76. The fraction of sp³-hybridized carbons (Fsp3) is 1.00. The van der Waals surface area contributed by atoms with Crippen molar-refractivity contribution in [2.24, 2.45) is 0 Å². The highest BCUT2D eigenvalue weighted by atomic mass is 16.3. The Kier molecular flexibility index (Phi) is 3.72. The number of hydrogen-bond acceptors (Lipinski definition) is 3. The molecule has 60 valence electrons. The average molecular weight is 144 g/mol. The van der Waals surface area contributed by atoms with E-state index in [0.717, 1.165) is 26.1 Å². The van der Waals surface area contributed by atoms with Gasteiger partial charge in [-0.25, -0.2) is 0 Å². The predicted molar refractivity (Wildman–Crippen MR) is 41.0 cm³/mol. The first-order valence-electron chi connectivity index (χ1n) is 3.98. The number of aliphatic hydroxyl groups excluding tert-OH is 1. The van der Waals surface area contributed by atoms with Gasteiger partial charge in [0, 0.05) is 19.2 Å². The lowest BCUT2D eigenvalue weighted by Gasteiger charge is -2.09. The number of aliphatic hydroxyl groups is 1. The summed E-state index contributed by atoms with van der Waals surface area (Å²) >= 11 is 0. The molecule has 0 radical (unpaired) electrons. The molecular weight excluding hydrogens is 128 g/mol. The fourth-order valence-corrected chi connectivity index (χ4v) is 1.21. The van der Waals surface area contributed by atoms with Gasteiger partial charge < -0.3 is 15.7 Å². The molecule has 1 rings (SSSR count). The molecule has 3 heteroatoms. The molecule has 1 aliphatic heterocycles. The van der Waals surface area contributed by atoms with Gasteiger partial charge in [-0.2, -0.15) is 0 Å². The van der Waals surface area contributed by atoms with Gasteiger partial charge in [-0.05, 0) is 25.9 Å². The van der Waals surface area contributed by atoms with Gasteiger partial charge in [-0.3, -0.25) is 0 Å². The van der Waals surface area contributed by atoms with E-state index in [2.05, 4.69) is 10.6 Å². The van der Waals surface area contributed by atoms with Crippen molar-refractivity contribution in [3.05, 3.63) is 0 Å². The Labute approximate surface area is 61.8 Å². The maximum Gasteiger partial charge on any atom is 0.0443 e. The Bertz CT molecular complexity index is 81.7. The summed E-state index contributed by atoms with van der Waals surface area (Å²) in [5, 5.41) is 15.1. The first-order chi connectivity index (χ1) is 4.93. The van der Waals surface area contributed by atoms with E-state index in [1.54, 1.807) is 0 Å². The summed E-state index contributed by atoms with van der Waals surface area (Å²) in [5.41, 5.74) is 0. The van der Waals surface area contributed by atoms with Crippen molar-refractivity contribution in [2.45, 2.75) is 18.9 Å². The molecule has 0 bridgehead atoms. The second-order valence-electron chi connectivity index (χ2n) is 2.72. The Balaban J connectivity index is 1.91. The molecule has 3 N–H and O–H groups in total. The number of nitrogens with one attached hydrogen (secondary N) is 2. The van der Waals surface area contributed by atoms with Crippen LogP contribution in [0.4, 0.5) is 0 Å². The molecule has 3 nitrogen and oxygen atoms in total. The molecule has 10 heavy (non-hydrogen) atoms. The maximum atomic E-state index is 8.48. The van der Waals surface area contributed by atoms with Crippen molar-refractivity contribution >= 4 is 0 Å². The van der Waals surface area contributed by atoms with Gasteiger partial charge in [-0.1, -0.05) is 0 Å². The van der Waals surface area contributed by atoms with E-state index in [1.165, 1.54) is 6.42 Å². The molecule has 1 fully saturated rings. The molecule has 1 aliphatic rings. The van der Waals surface area contributed by atoms with Crippen LogP contribution >= 0.6 is 0 Å². The zero-order valence-corrected chi connectivity index (χ0v) is 6.27. The molecule has 0 aromatic heterocycles. The third-order valence-corrected chi connectivity index (χ3v) is 1.83.